The summed E-state index contributed by atoms with van der Waals surface area (Å²) in [5.74, 6) is 1.30. The summed E-state index contributed by atoms with van der Waals surface area (Å²) in [6.45, 7) is 6.56. The molecule has 0 radical (unpaired) electrons. The summed E-state index contributed by atoms with van der Waals surface area (Å²) in [4.78, 5) is 0. The van der Waals surface area contributed by atoms with E-state index in [2.05, 4.69) is 19.9 Å². The largest absolute Gasteiger partial charge is 0.388 e. The molecule has 1 nitrogen and oxygen atoms in total. The van der Waals surface area contributed by atoms with E-state index < -0.39 is 0 Å². The van der Waals surface area contributed by atoms with Gasteiger partial charge in [-0.2, -0.15) is 0 Å². The Morgan fingerprint density at radius 3 is 2.73 bits per heavy atom. The highest BCUT2D eigenvalue weighted by molar-refractivity contribution is 5.24. The number of aliphatic hydroxyl groups excluding tert-OH is 1. The Hall–Kier alpha value is -0.300. The lowest BCUT2D eigenvalue weighted by Crippen LogP contribution is -2.16. The molecule has 3 atom stereocenters. The van der Waals surface area contributed by atoms with Gasteiger partial charge in [0.25, 0.3) is 0 Å². The Kier molecular flexibility index (Phi) is 1.26. The van der Waals surface area contributed by atoms with Gasteiger partial charge in [-0.1, -0.05) is 19.9 Å². The molecule has 11 heavy (non-hydrogen) atoms. The fourth-order valence-corrected chi connectivity index (χ4v) is 2.58. The molecule has 2 aliphatic carbocycles. The summed E-state index contributed by atoms with van der Waals surface area (Å²) >= 11 is 0. The molecule has 1 N–H and O–H groups in total. The predicted molar refractivity (Wildman–Crippen MR) is 45.1 cm³/mol. The Balaban J connectivity index is 2.22. The van der Waals surface area contributed by atoms with Gasteiger partial charge in [0.1, 0.15) is 0 Å². The third-order valence-electron chi connectivity index (χ3n) is 3.64. The molecule has 0 aromatic carbocycles. The summed E-state index contributed by atoms with van der Waals surface area (Å²) in [5.41, 5.74) is 1.57. The highest BCUT2D eigenvalue weighted by Crippen LogP contribution is 2.64. The molecule has 1 saturated carbocycles. The SMILES string of the molecule is CC1=CC[C@@H]2[C@H](C1O)C2(C)C. The number of allylic oxidation sites excluding steroid dienone is 1. The predicted octanol–water partition coefficient (Wildman–Crippen LogP) is 1.97. The van der Waals surface area contributed by atoms with Crippen LogP contribution in [0.4, 0.5) is 0 Å². The van der Waals surface area contributed by atoms with Crippen LogP contribution in [-0.2, 0) is 0 Å². The zero-order valence-corrected chi connectivity index (χ0v) is 7.46. The highest BCUT2D eigenvalue weighted by Gasteiger charge is 2.61. The second-order valence-electron chi connectivity index (χ2n) is 4.58. The van der Waals surface area contributed by atoms with Crippen molar-refractivity contribution in [1.29, 1.82) is 0 Å². The molecule has 0 aliphatic heterocycles. The second-order valence-corrected chi connectivity index (χ2v) is 4.58. The minimum Gasteiger partial charge on any atom is -0.388 e. The van der Waals surface area contributed by atoms with Crippen LogP contribution in [0.25, 0.3) is 0 Å². The Labute approximate surface area is 68.1 Å². The summed E-state index contributed by atoms with van der Waals surface area (Å²) < 4.78 is 0. The standard InChI is InChI=1S/C10H16O/c1-6-4-5-7-8(9(6)11)10(7,2)3/h4,7-9,11H,5H2,1-3H3/t7-,8-,9?/m1/s1. The maximum atomic E-state index is 9.76. The van der Waals surface area contributed by atoms with Crippen molar-refractivity contribution in [2.45, 2.75) is 33.3 Å². The maximum Gasteiger partial charge on any atom is 0.0783 e. The molecule has 62 valence electrons. The van der Waals surface area contributed by atoms with Crippen molar-refractivity contribution in [1.82, 2.24) is 0 Å². The second kappa shape index (κ2) is 1.89. The maximum absolute atomic E-state index is 9.76. The van der Waals surface area contributed by atoms with Gasteiger partial charge in [-0.25, -0.2) is 0 Å². The monoisotopic (exact) mass is 152 g/mol. The Morgan fingerprint density at radius 2 is 2.18 bits per heavy atom. The molecule has 0 heterocycles. The van der Waals surface area contributed by atoms with Crippen LogP contribution in [-0.4, -0.2) is 11.2 Å². The molecule has 0 amide bonds. The van der Waals surface area contributed by atoms with Crippen LogP contribution in [0.3, 0.4) is 0 Å². The van der Waals surface area contributed by atoms with E-state index in [4.69, 9.17) is 0 Å². The summed E-state index contributed by atoms with van der Waals surface area (Å²) in [6, 6.07) is 0. The van der Waals surface area contributed by atoms with Crippen LogP contribution in [0, 0.1) is 17.3 Å². The van der Waals surface area contributed by atoms with E-state index in [1.165, 1.54) is 12.0 Å². The molecular formula is C10H16O. The Bertz CT molecular complexity index is 215. The van der Waals surface area contributed by atoms with E-state index in [0.29, 0.717) is 11.3 Å². The minimum atomic E-state index is -0.149. The summed E-state index contributed by atoms with van der Waals surface area (Å²) in [5, 5.41) is 9.76. The van der Waals surface area contributed by atoms with E-state index in [1.807, 2.05) is 6.92 Å². The topological polar surface area (TPSA) is 20.2 Å². The highest BCUT2D eigenvalue weighted by atomic mass is 16.3. The van der Waals surface area contributed by atoms with Gasteiger partial charge in [0.05, 0.1) is 6.10 Å². The lowest BCUT2D eigenvalue weighted by atomic mass is 9.98. The first-order chi connectivity index (χ1) is 5.05. The fourth-order valence-electron chi connectivity index (χ4n) is 2.58. The average molecular weight is 152 g/mol. The van der Waals surface area contributed by atoms with Crippen LogP contribution < -0.4 is 0 Å². The van der Waals surface area contributed by atoms with Crippen molar-refractivity contribution in [3.05, 3.63) is 11.6 Å². The van der Waals surface area contributed by atoms with Gasteiger partial charge < -0.3 is 5.11 Å². The molecule has 1 fully saturated rings. The zero-order valence-electron chi connectivity index (χ0n) is 7.46. The van der Waals surface area contributed by atoms with Gasteiger partial charge in [0.15, 0.2) is 0 Å². The number of fused-ring (bicyclic) bond motifs is 1. The van der Waals surface area contributed by atoms with Crippen LogP contribution in [0.1, 0.15) is 27.2 Å². The molecule has 0 bridgehead atoms. The number of hydrogen-bond donors (Lipinski definition) is 1. The molecular weight excluding hydrogens is 136 g/mol. The third kappa shape index (κ3) is 0.807. The quantitative estimate of drug-likeness (QED) is 0.526. The number of aliphatic hydroxyl groups is 1. The van der Waals surface area contributed by atoms with Crippen molar-refractivity contribution < 1.29 is 5.11 Å². The molecule has 0 saturated heterocycles. The van der Waals surface area contributed by atoms with E-state index in [0.717, 1.165) is 5.92 Å². The zero-order chi connectivity index (χ0) is 8.22. The van der Waals surface area contributed by atoms with Gasteiger partial charge in [0.2, 0.25) is 0 Å². The van der Waals surface area contributed by atoms with Gasteiger partial charge in [0, 0.05) is 0 Å². The normalized spacial score (nSPS) is 46.2. The van der Waals surface area contributed by atoms with Crippen molar-refractivity contribution in [2.75, 3.05) is 0 Å². The molecule has 1 heteroatoms. The van der Waals surface area contributed by atoms with Gasteiger partial charge in [-0.15, -0.1) is 0 Å². The van der Waals surface area contributed by atoms with Crippen LogP contribution in [0.15, 0.2) is 11.6 Å². The van der Waals surface area contributed by atoms with Crippen molar-refractivity contribution in [3.8, 4) is 0 Å². The van der Waals surface area contributed by atoms with E-state index >= 15 is 0 Å². The molecule has 2 aliphatic rings. The van der Waals surface area contributed by atoms with Crippen LogP contribution in [0.2, 0.25) is 0 Å². The smallest absolute Gasteiger partial charge is 0.0783 e. The lowest BCUT2D eigenvalue weighted by Gasteiger charge is -2.15. The average Bonchev–Trinajstić information content (AvgIpc) is 2.46. The van der Waals surface area contributed by atoms with Crippen molar-refractivity contribution >= 4 is 0 Å². The van der Waals surface area contributed by atoms with Gasteiger partial charge in [-0.3, -0.25) is 0 Å². The van der Waals surface area contributed by atoms with E-state index in [-0.39, 0.29) is 6.10 Å². The first-order valence-electron chi connectivity index (χ1n) is 4.40. The molecule has 0 aromatic rings. The summed E-state index contributed by atoms with van der Waals surface area (Å²) in [7, 11) is 0. The number of rotatable bonds is 0. The third-order valence-corrected chi connectivity index (χ3v) is 3.64. The van der Waals surface area contributed by atoms with E-state index in [1.54, 1.807) is 0 Å². The van der Waals surface area contributed by atoms with Gasteiger partial charge in [-0.05, 0) is 36.2 Å². The molecule has 1 unspecified atom stereocenters. The fraction of sp³-hybridized carbons (Fsp3) is 0.800. The molecule has 0 aromatic heterocycles. The molecule has 2 rings (SSSR count). The minimum absolute atomic E-state index is 0.149. The van der Waals surface area contributed by atoms with Crippen LogP contribution >= 0.6 is 0 Å². The first kappa shape index (κ1) is 7.35. The van der Waals surface area contributed by atoms with Crippen molar-refractivity contribution in [3.63, 3.8) is 0 Å². The Morgan fingerprint density at radius 1 is 1.55 bits per heavy atom. The molecule has 0 spiro atoms. The number of hydrogen-bond acceptors (Lipinski definition) is 1. The van der Waals surface area contributed by atoms with Crippen LogP contribution in [0.5, 0.6) is 0 Å². The summed E-state index contributed by atoms with van der Waals surface area (Å²) in [6.07, 6.45) is 3.23. The lowest BCUT2D eigenvalue weighted by molar-refractivity contribution is 0.164. The van der Waals surface area contributed by atoms with Crippen molar-refractivity contribution in [2.24, 2.45) is 17.3 Å². The first-order valence-corrected chi connectivity index (χ1v) is 4.40. The van der Waals surface area contributed by atoms with E-state index in [9.17, 15) is 5.11 Å². The van der Waals surface area contributed by atoms with Gasteiger partial charge >= 0.3 is 0 Å².